The highest BCUT2D eigenvalue weighted by Gasteiger charge is 2.63. The van der Waals surface area contributed by atoms with Crippen molar-refractivity contribution in [3.05, 3.63) is 58.7 Å². The van der Waals surface area contributed by atoms with Crippen LogP contribution < -0.4 is 53.0 Å². The molecule has 6 rings (SSSR count). The molecule has 5 aliphatic heterocycles. The Bertz CT molecular complexity index is 2830. The fraction of sp³-hybridized carbons (Fsp3) is 0.596. The zero-order chi connectivity index (χ0) is 64.6. The number of halogens is 1. The van der Waals surface area contributed by atoms with Gasteiger partial charge in [-0.05, 0) is 96.0 Å². The number of anilines is 1. The van der Waals surface area contributed by atoms with E-state index in [2.05, 4.69) is 31.9 Å². The van der Waals surface area contributed by atoms with Crippen molar-refractivity contribution in [2.45, 2.75) is 151 Å². The number of methoxy groups -OCH3 is 2. The summed E-state index contributed by atoms with van der Waals surface area (Å²) in [5.74, 6) is -6.14. The Kier molecular flexibility index (Phi) is 25.6. The van der Waals surface area contributed by atoms with E-state index in [-0.39, 0.29) is 74.7 Å². The molecule has 10 atom stereocenters. The van der Waals surface area contributed by atoms with Crippen LogP contribution in [0.1, 0.15) is 91.0 Å². The fourth-order valence-corrected chi connectivity index (χ4v) is 11.2. The maximum absolute atomic E-state index is 14.5. The zero-order valence-corrected chi connectivity index (χ0v) is 52.0. The summed E-state index contributed by atoms with van der Waals surface area (Å²) in [4.78, 5) is 149. The number of carbonyl (C=O) groups is 11. The molecule has 5 heterocycles. The topological polar surface area (TPSA) is 388 Å². The van der Waals surface area contributed by atoms with Gasteiger partial charge >= 0.3 is 18.1 Å². The number of allylic oxidation sites excluding steroid dienone is 3. The summed E-state index contributed by atoms with van der Waals surface area (Å²) < 4.78 is 29.7. The van der Waals surface area contributed by atoms with Crippen molar-refractivity contribution in [1.82, 2.24) is 41.7 Å². The Morgan fingerprint density at radius 3 is 2.22 bits per heavy atom. The van der Waals surface area contributed by atoms with Gasteiger partial charge in [-0.1, -0.05) is 35.4 Å². The monoisotopic (exact) mass is 1260 g/mol. The number of nitrogens with two attached hydrogens (primary N) is 2. The van der Waals surface area contributed by atoms with E-state index in [0.29, 0.717) is 30.6 Å². The van der Waals surface area contributed by atoms with Crippen LogP contribution in [0, 0.1) is 0 Å². The van der Waals surface area contributed by atoms with E-state index in [9.17, 15) is 57.8 Å². The van der Waals surface area contributed by atoms with Crippen molar-refractivity contribution in [1.29, 1.82) is 0 Å². The minimum Gasteiger partial charge on any atom is -0.495 e. The van der Waals surface area contributed by atoms with Crippen molar-refractivity contribution >= 4 is 94.4 Å². The molecule has 28 nitrogen and oxygen atoms in total. The second-order valence-electron chi connectivity index (χ2n) is 22.2. The predicted molar refractivity (Wildman–Crippen MR) is 318 cm³/mol. The molecular weight excluding hydrogens is 1180 g/mol. The average Bonchev–Trinajstić information content (AvgIpc) is 1.14. The van der Waals surface area contributed by atoms with Gasteiger partial charge in [0, 0.05) is 72.3 Å². The highest BCUT2D eigenvalue weighted by Crippen LogP contribution is 2.50. The lowest BCUT2D eigenvalue weighted by Gasteiger charge is -2.59. The third-order valence-electron chi connectivity index (χ3n) is 15.4. The van der Waals surface area contributed by atoms with E-state index in [1.54, 1.807) is 50.5 Å². The molecule has 1 aromatic carbocycles. The molecule has 0 saturated carbocycles. The van der Waals surface area contributed by atoms with Gasteiger partial charge in [0.25, 0.3) is 11.8 Å². The molecule has 2 fully saturated rings. The van der Waals surface area contributed by atoms with Crippen LogP contribution in [-0.2, 0) is 68.5 Å². The number of alkyl carbamates (subject to hydrolysis) is 1. The van der Waals surface area contributed by atoms with Gasteiger partial charge in [0.15, 0.2) is 5.72 Å². The molecule has 11 amide bonds. The SMILES string of the molecule is COc1cc2cc(c1Cl)N(C)C(=O)CC(OC(=O)C(C)N(C)C(=O)NC(CCSC)C(=O)NC(CC(N)=O)C(=O)NC(CCCCN)C(=O)NCCNC(=O)CCN1C(=O)C=CC1=O)C1(C)CC(C)(O1)C1CC(O)(NC(=O)O1)C(OC)C=CC=C(C)C2. The minimum atomic E-state index is -1.98. The molecule has 0 aliphatic carbocycles. The summed E-state index contributed by atoms with van der Waals surface area (Å²) in [6.07, 6.45) is 4.20. The fourth-order valence-electron chi connectivity index (χ4n) is 10.4. The first-order chi connectivity index (χ1) is 41.0. The van der Waals surface area contributed by atoms with Crippen molar-refractivity contribution in [2.75, 3.05) is 71.4 Å². The van der Waals surface area contributed by atoms with Gasteiger partial charge in [-0.15, -0.1) is 0 Å². The van der Waals surface area contributed by atoms with Gasteiger partial charge in [-0.25, -0.2) is 14.4 Å². The smallest absolute Gasteiger partial charge is 0.409 e. The van der Waals surface area contributed by atoms with E-state index in [1.807, 2.05) is 6.92 Å². The second-order valence-corrected chi connectivity index (χ2v) is 23.6. The number of primary amides is 1. The van der Waals surface area contributed by atoms with E-state index in [4.69, 9.17) is 46.8 Å². The highest BCUT2D eigenvalue weighted by molar-refractivity contribution is 7.98. The maximum Gasteiger partial charge on any atom is 0.409 e. The second kappa shape index (κ2) is 31.6. The van der Waals surface area contributed by atoms with E-state index in [1.165, 1.54) is 51.9 Å². The Hall–Kier alpha value is -7.31. The van der Waals surface area contributed by atoms with E-state index >= 15 is 0 Å². The molecule has 0 radical (unpaired) electrons. The Morgan fingerprint density at radius 2 is 1.59 bits per heavy atom. The van der Waals surface area contributed by atoms with Crippen LogP contribution in [0.5, 0.6) is 5.75 Å². The van der Waals surface area contributed by atoms with Crippen molar-refractivity contribution in [3.63, 3.8) is 0 Å². The highest BCUT2D eigenvalue weighted by atomic mass is 35.5. The standard InChI is InChI=1S/C57H82ClN11O17S/c1-32-13-12-15-40(83-8)57(81)30-42(85-54(80)66-57)56(4)31-55(3,86-56)41(29-47(74)68(6)38-26-34(25-32)27-39(82-7)48(38)58)84-52(78)33(2)67(5)53(79)65-36(19-24-87-9)50(76)64-37(28-43(60)70)51(77)63-35(14-10-11-20-59)49(75)62-22-21-61-44(71)18-23-69-45(72)16-17-46(69)73/h12-13,15-17,26-27,33,35-37,40-42,81H,10-11,14,18-25,28-31,59H2,1-9H3,(H2,60,70)(H,61,71)(H,62,75)(H,63,77)(H,64,76)(H,65,79)(H,66,80). The van der Waals surface area contributed by atoms with Crippen LogP contribution in [0.15, 0.2) is 48.1 Å². The maximum atomic E-state index is 14.5. The Balaban J connectivity index is 1.32. The summed E-state index contributed by atoms with van der Waals surface area (Å²) in [7, 11) is 5.56. The molecule has 30 heteroatoms. The van der Waals surface area contributed by atoms with Crippen LogP contribution in [0.25, 0.3) is 0 Å². The first-order valence-electron chi connectivity index (χ1n) is 28.3. The van der Waals surface area contributed by atoms with Crippen LogP contribution in [0.2, 0.25) is 5.02 Å². The molecule has 10 unspecified atom stereocenters. The predicted octanol–water partition coefficient (Wildman–Crippen LogP) is 0.485. The van der Waals surface area contributed by atoms with Crippen molar-refractivity contribution < 1.29 is 81.5 Å². The quantitative estimate of drug-likeness (QED) is 0.0346. The Labute approximate surface area is 514 Å². The largest absolute Gasteiger partial charge is 0.495 e. The number of hydrogen-bond acceptors (Lipinski definition) is 19. The molecule has 480 valence electrons. The molecule has 0 spiro atoms. The molecule has 6 bridgehead atoms. The van der Waals surface area contributed by atoms with Crippen LogP contribution in [0.4, 0.5) is 15.3 Å². The number of benzene rings is 1. The number of ether oxygens (including phenoxy) is 5. The molecule has 5 aliphatic rings. The number of nitrogens with zero attached hydrogens (tertiary/aromatic N) is 3. The van der Waals surface area contributed by atoms with Gasteiger partial charge in [-0.2, -0.15) is 11.8 Å². The third-order valence-corrected chi connectivity index (χ3v) is 16.4. The number of urea groups is 1. The first kappa shape index (κ1) is 70.5. The lowest BCUT2D eigenvalue weighted by atomic mass is 9.72. The number of fused-ring (bicyclic) bond motifs is 6. The molecule has 0 aromatic heterocycles. The number of imide groups is 1. The van der Waals surface area contributed by atoms with Gasteiger partial charge in [0.2, 0.25) is 35.4 Å². The molecular formula is C57H82ClN11O17S. The molecule has 1 aromatic rings. The van der Waals surface area contributed by atoms with Gasteiger partial charge in [0.05, 0.1) is 25.6 Å². The number of rotatable bonds is 26. The number of esters is 1. The normalized spacial score (nSPS) is 24.2. The van der Waals surface area contributed by atoms with E-state index in [0.717, 1.165) is 27.5 Å². The minimum absolute atomic E-state index is 0.00723. The summed E-state index contributed by atoms with van der Waals surface area (Å²) in [5.41, 5.74) is 8.31. The average molecular weight is 1260 g/mol. The number of aliphatic hydroxyl groups is 1. The number of carbonyl (C=O) groups excluding carboxylic acids is 11. The van der Waals surface area contributed by atoms with Crippen LogP contribution in [0.3, 0.4) is 0 Å². The Morgan fingerprint density at radius 1 is 0.943 bits per heavy atom. The van der Waals surface area contributed by atoms with Crippen LogP contribution >= 0.6 is 23.4 Å². The molecule has 2 saturated heterocycles. The number of unbranched alkanes of at least 4 members (excludes halogenated alkanes) is 1. The van der Waals surface area contributed by atoms with Gasteiger partial charge in [-0.3, -0.25) is 48.6 Å². The first-order valence-corrected chi connectivity index (χ1v) is 30.1. The molecule has 87 heavy (non-hydrogen) atoms. The lowest BCUT2D eigenvalue weighted by Crippen LogP contribution is -2.72. The number of thioether (sulfide) groups is 1. The van der Waals surface area contributed by atoms with Crippen molar-refractivity contribution in [2.24, 2.45) is 11.5 Å². The molecule has 11 N–H and O–H groups in total. The number of likely N-dealkylation sites (N-methyl/N-ethyl adjacent to an activating group) is 1. The number of amides is 11. The number of nitrogens with one attached hydrogen (secondary N) is 6. The lowest BCUT2D eigenvalue weighted by molar-refractivity contribution is -0.328. The van der Waals surface area contributed by atoms with Crippen LogP contribution in [-0.4, -0.2) is 206 Å². The zero-order valence-electron chi connectivity index (χ0n) is 50.5. The summed E-state index contributed by atoms with van der Waals surface area (Å²) in [6, 6.07) is -3.16. The van der Waals surface area contributed by atoms with Gasteiger partial charge in [0.1, 0.15) is 64.5 Å². The van der Waals surface area contributed by atoms with Crippen molar-refractivity contribution in [3.8, 4) is 5.75 Å². The van der Waals surface area contributed by atoms with E-state index < -0.39 is 138 Å². The third kappa shape index (κ3) is 18.9. The number of hydrogen-bond donors (Lipinski definition) is 9. The summed E-state index contributed by atoms with van der Waals surface area (Å²) in [6.45, 7) is 6.45. The summed E-state index contributed by atoms with van der Waals surface area (Å²) in [5, 5.41) is 27.4. The van der Waals surface area contributed by atoms with Gasteiger partial charge < -0.3 is 76.6 Å². The summed E-state index contributed by atoms with van der Waals surface area (Å²) >= 11 is 8.16.